The molecule has 0 atom stereocenters. The Kier molecular flexibility index (Phi) is 1.55. The van der Waals surface area contributed by atoms with Crippen molar-refractivity contribution in [2.45, 2.75) is 24.6 Å². The van der Waals surface area contributed by atoms with Gasteiger partial charge in [-0.2, -0.15) is 5.26 Å². The lowest BCUT2D eigenvalue weighted by Gasteiger charge is -2.09. The van der Waals surface area contributed by atoms with Gasteiger partial charge in [0.2, 0.25) is 0 Å². The summed E-state index contributed by atoms with van der Waals surface area (Å²) in [6.07, 6.45) is -2.27. The van der Waals surface area contributed by atoms with E-state index in [1.165, 1.54) is 6.07 Å². The van der Waals surface area contributed by atoms with Gasteiger partial charge in [-0.05, 0) is 18.9 Å². The summed E-state index contributed by atoms with van der Waals surface area (Å²) in [5.74, 6) is 0.00979. The maximum Gasteiger partial charge on any atom is 0.586 e. The summed E-state index contributed by atoms with van der Waals surface area (Å²) < 4.78 is 34.6. The van der Waals surface area contributed by atoms with Gasteiger partial charge in [0.1, 0.15) is 0 Å². The van der Waals surface area contributed by atoms with E-state index in [0.29, 0.717) is 18.4 Å². The minimum absolute atomic E-state index is 0.00373. The molecule has 16 heavy (non-hydrogen) atoms. The van der Waals surface area contributed by atoms with Crippen LogP contribution in [0.15, 0.2) is 18.2 Å². The zero-order chi connectivity index (χ0) is 11.4. The number of hydrogen-bond donors (Lipinski definition) is 0. The van der Waals surface area contributed by atoms with Crippen LogP contribution in [0.3, 0.4) is 0 Å². The van der Waals surface area contributed by atoms with Gasteiger partial charge in [-0.3, -0.25) is 0 Å². The molecule has 1 fully saturated rings. The SMILES string of the molecule is N#CC1(c2cccc3c2OC(F)(F)O3)CC1. The summed E-state index contributed by atoms with van der Waals surface area (Å²) in [5.41, 5.74) is -0.153. The summed E-state index contributed by atoms with van der Waals surface area (Å²) >= 11 is 0. The number of rotatable bonds is 1. The Morgan fingerprint density at radius 3 is 2.62 bits per heavy atom. The van der Waals surface area contributed by atoms with E-state index in [-0.39, 0.29) is 11.5 Å². The second-order valence-corrected chi connectivity index (χ2v) is 3.99. The second-order valence-electron chi connectivity index (χ2n) is 3.99. The average molecular weight is 223 g/mol. The molecule has 1 aliphatic heterocycles. The van der Waals surface area contributed by atoms with Crippen molar-refractivity contribution in [3.8, 4) is 17.6 Å². The average Bonchev–Trinajstić information content (AvgIpc) is 2.94. The molecule has 1 aromatic rings. The fourth-order valence-corrected chi connectivity index (χ4v) is 1.91. The summed E-state index contributed by atoms with van der Waals surface area (Å²) in [6.45, 7) is 0. The Balaban J connectivity index is 2.12. The van der Waals surface area contributed by atoms with E-state index in [0.717, 1.165) is 0 Å². The van der Waals surface area contributed by atoms with Gasteiger partial charge in [0, 0.05) is 5.56 Å². The highest BCUT2D eigenvalue weighted by molar-refractivity contribution is 5.56. The predicted molar refractivity (Wildman–Crippen MR) is 49.2 cm³/mol. The molecule has 82 valence electrons. The molecule has 0 N–H and O–H groups in total. The van der Waals surface area contributed by atoms with Gasteiger partial charge in [-0.15, -0.1) is 8.78 Å². The first-order chi connectivity index (χ1) is 7.56. The number of halogens is 2. The highest BCUT2D eigenvalue weighted by Crippen LogP contribution is 2.55. The molecule has 1 aliphatic carbocycles. The van der Waals surface area contributed by atoms with Crippen molar-refractivity contribution in [2.75, 3.05) is 0 Å². The van der Waals surface area contributed by atoms with E-state index < -0.39 is 11.7 Å². The van der Waals surface area contributed by atoms with Crippen LogP contribution in [0.5, 0.6) is 11.5 Å². The van der Waals surface area contributed by atoms with Crippen LogP contribution >= 0.6 is 0 Å². The molecular formula is C11H7F2NO2. The first-order valence-corrected chi connectivity index (χ1v) is 4.87. The van der Waals surface area contributed by atoms with Crippen molar-refractivity contribution in [3.05, 3.63) is 23.8 Å². The number of alkyl halides is 2. The van der Waals surface area contributed by atoms with Gasteiger partial charge in [-0.1, -0.05) is 12.1 Å². The van der Waals surface area contributed by atoms with E-state index >= 15 is 0 Å². The maximum atomic E-state index is 12.9. The number of ether oxygens (including phenoxy) is 2. The molecular weight excluding hydrogens is 216 g/mol. The molecule has 3 nitrogen and oxygen atoms in total. The second kappa shape index (κ2) is 2.64. The van der Waals surface area contributed by atoms with Gasteiger partial charge in [-0.25, -0.2) is 0 Å². The zero-order valence-corrected chi connectivity index (χ0v) is 8.17. The van der Waals surface area contributed by atoms with Gasteiger partial charge in [0.15, 0.2) is 11.5 Å². The minimum Gasteiger partial charge on any atom is -0.395 e. The Morgan fingerprint density at radius 2 is 2.00 bits per heavy atom. The Morgan fingerprint density at radius 1 is 1.25 bits per heavy atom. The maximum absolute atomic E-state index is 12.9. The van der Waals surface area contributed by atoms with Crippen molar-refractivity contribution in [3.63, 3.8) is 0 Å². The van der Waals surface area contributed by atoms with Crippen LogP contribution in [0.4, 0.5) is 8.78 Å². The molecule has 1 saturated carbocycles. The molecule has 1 heterocycles. The van der Waals surface area contributed by atoms with E-state index in [1.807, 2.05) is 0 Å². The molecule has 0 unspecified atom stereocenters. The summed E-state index contributed by atoms with van der Waals surface area (Å²) in [4.78, 5) is 0. The topological polar surface area (TPSA) is 42.2 Å². The molecule has 0 aromatic heterocycles. The molecule has 0 amide bonds. The third kappa shape index (κ3) is 1.16. The molecule has 1 aromatic carbocycles. The molecule has 0 bridgehead atoms. The lowest BCUT2D eigenvalue weighted by atomic mass is 9.96. The Hall–Kier alpha value is -1.83. The molecule has 5 heteroatoms. The third-order valence-corrected chi connectivity index (χ3v) is 2.91. The lowest BCUT2D eigenvalue weighted by molar-refractivity contribution is -0.287. The fourth-order valence-electron chi connectivity index (χ4n) is 1.91. The number of hydrogen-bond acceptors (Lipinski definition) is 3. The van der Waals surface area contributed by atoms with E-state index in [1.54, 1.807) is 12.1 Å². The van der Waals surface area contributed by atoms with Gasteiger partial charge < -0.3 is 9.47 Å². The van der Waals surface area contributed by atoms with Gasteiger partial charge >= 0.3 is 6.29 Å². The quantitative estimate of drug-likeness (QED) is 0.734. The smallest absolute Gasteiger partial charge is 0.395 e. The minimum atomic E-state index is -3.62. The lowest BCUT2D eigenvalue weighted by Crippen LogP contribution is -2.26. The van der Waals surface area contributed by atoms with E-state index in [9.17, 15) is 8.78 Å². The van der Waals surface area contributed by atoms with E-state index in [4.69, 9.17) is 5.26 Å². The Labute approximate surface area is 90.2 Å². The molecule has 0 saturated heterocycles. The summed E-state index contributed by atoms with van der Waals surface area (Å²) in [7, 11) is 0. The van der Waals surface area contributed by atoms with Crippen molar-refractivity contribution in [2.24, 2.45) is 0 Å². The first kappa shape index (κ1) is 9.40. The Bertz CT molecular complexity index is 503. The van der Waals surface area contributed by atoms with Crippen LogP contribution in [0, 0.1) is 11.3 Å². The molecule has 0 radical (unpaired) electrons. The number of fused-ring (bicyclic) bond motifs is 1. The van der Waals surface area contributed by atoms with Crippen LogP contribution in [-0.4, -0.2) is 6.29 Å². The standard InChI is InChI=1S/C11H7F2NO2/c12-11(13)15-8-3-1-2-7(9(8)16-11)10(6-14)4-5-10/h1-3H,4-5H2. The molecule has 2 aliphatic rings. The van der Waals surface area contributed by atoms with Crippen LogP contribution in [0.1, 0.15) is 18.4 Å². The highest BCUT2D eigenvalue weighted by atomic mass is 19.3. The van der Waals surface area contributed by atoms with Crippen LogP contribution in [0.25, 0.3) is 0 Å². The fraction of sp³-hybridized carbons (Fsp3) is 0.364. The number of benzene rings is 1. The number of nitrogens with zero attached hydrogens (tertiary/aromatic N) is 1. The van der Waals surface area contributed by atoms with Crippen molar-refractivity contribution < 1.29 is 18.3 Å². The van der Waals surface area contributed by atoms with Gasteiger partial charge in [0.05, 0.1) is 11.5 Å². The first-order valence-electron chi connectivity index (χ1n) is 4.87. The van der Waals surface area contributed by atoms with Gasteiger partial charge in [0.25, 0.3) is 0 Å². The van der Waals surface area contributed by atoms with Crippen molar-refractivity contribution in [1.29, 1.82) is 5.26 Å². The number of nitriles is 1. The van der Waals surface area contributed by atoms with Crippen molar-refractivity contribution in [1.82, 2.24) is 0 Å². The summed E-state index contributed by atoms with van der Waals surface area (Å²) in [5, 5.41) is 9.04. The van der Waals surface area contributed by atoms with Crippen molar-refractivity contribution >= 4 is 0 Å². The monoisotopic (exact) mass is 223 g/mol. The highest BCUT2D eigenvalue weighted by Gasteiger charge is 2.52. The van der Waals surface area contributed by atoms with Crippen LogP contribution in [0.2, 0.25) is 0 Å². The van der Waals surface area contributed by atoms with Crippen LogP contribution in [-0.2, 0) is 5.41 Å². The predicted octanol–water partition coefficient (Wildman–Crippen LogP) is 2.56. The molecule has 3 rings (SSSR count). The largest absolute Gasteiger partial charge is 0.586 e. The van der Waals surface area contributed by atoms with Crippen LogP contribution < -0.4 is 9.47 Å². The molecule has 0 spiro atoms. The third-order valence-electron chi connectivity index (χ3n) is 2.91. The normalized spacial score (nSPS) is 22.6. The van der Waals surface area contributed by atoms with E-state index in [2.05, 4.69) is 15.5 Å². The number of para-hydroxylation sites is 1. The summed E-state index contributed by atoms with van der Waals surface area (Å²) in [6, 6.07) is 6.79. The zero-order valence-electron chi connectivity index (χ0n) is 8.17.